The van der Waals surface area contributed by atoms with Gasteiger partial charge in [0.25, 0.3) is 0 Å². The third kappa shape index (κ3) is 1.15. The van der Waals surface area contributed by atoms with E-state index in [1.54, 1.807) is 0 Å². The molecule has 0 radical (unpaired) electrons. The smallest absolute Gasteiger partial charge is 0.126 e. The fraction of sp³-hybridized carbons (Fsp3) is 0.533. The van der Waals surface area contributed by atoms with Crippen molar-refractivity contribution >= 4 is 5.69 Å². The van der Waals surface area contributed by atoms with Crippen molar-refractivity contribution in [3.8, 4) is 6.07 Å². The van der Waals surface area contributed by atoms with Crippen LogP contribution >= 0.6 is 0 Å². The second kappa shape index (κ2) is 3.50. The summed E-state index contributed by atoms with van der Waals surface area (Å²) in [6, 6.07) is 11.1. The molecule has 1 fully saturated rings. The molecule has 3 atom stereocenters. The zero-order valence-electron chi connectivity index (χ0n) is 10.5. The topological polar surface area (TPSA) is 27.0 Å². The van der Waals surface area contributed by atoms with E-state index in [4.69, 9.17) is 0 Å². The maximum Gasteiger partial charge on any atom is 0.126 e. The van der Waals surface area contributed by atoms with E-state index in [2.05, 4.69) is 49.2 Å². The maximum atomic E-state index is 9.56. The van der Waals surface area contributed by atoms with E-state index in [1.165, 1.54) is 24.1 Å². The van der Waals surface area contributed by atoms with E-state index in [-0.39, 0.29) is 11.5 Å². The summed E-state index contributed by atoms with van der Waals surface area (Å²) in [5.74, 6) is 0.609. The van der Waals surface area contributed by atoms with Crippen LogP contribution in [0.2, 0.25) is 0 Å². The number of fused-ring (bicyclic) bond motifs is 2. The highest BCUT2D eigenvalue weighted by atomic mass is 15.2. The Morgan fingerprint density at radius 1 is 1.41 bits per heavy atom. The van der Waals surface area contributed by atoms with Gasteiger partial charge in [-0.1, -0.05) is 31.5 Å². The van der Waals surface area contributed by atoms with Gasteiger partial charge in [0.1, 0.15) is 6.04 Å². The Morgan fingerprint density at radius 3 is 2.82 bits per heavy atom. The molecule has 17 heavy (non-hydrogen) atoms. The van der Waals surface area contributed by atoms with Gasteiger partial charge in [0.05, 0.1) is 6.07 Å². The van der Waals surface area contributed by atoms with Crippen LogP contribution in [0.5, 0.6) is 0 Å². The normalized spacial score (nSPS) is 35.0. The number of hydrogen-bond donors (Lipinski definition) is 0. The highest BCUT2D eigenvalue weighted by Crippen LogP contribution is 2.56. The predicted molar refractivity (Wildman–Crippen MR) is 68.9 cm³/mol. The molecule has 0 bridgehead atoms. The van der Waals surface area contributed by atoms with Crippen LogP contribution in [0, 0.1) is 17.2 Å². The van der Waals surface area contributed by atoms with Crippen LogP contribution in [0.4, 0.5) is 5.69 Å². The molecule has 1 aromatic carbocycles. The van der Waals surface area contributed by atoms with Crippen molar-refractivity contribution in [3.05, 3.63) is 29.8 Å². The summed E-state index contributed by atoms with van der Waals surface area (Å²) in [5.41, 5.74) is 2.74. The lowest BCUT2D eigenvalue weighted by atomic mass is 9.70. The van der Waals surface area contributed by atoms with Crippen molar-refractivity contribution in [2.24, 2.45) is 5.92 Å². The number of hydrogen-bond acceptors (Lipinski definition) is 2. The first-order valence-corrected chi connectivity index (χ1v) is 6.44. The standard InChI is InChI=1S/C15H18N2/c1-11-6-5-9-15(11)12-7-3-4-8-13(12)17(2)14(15)10-16/h3-4,7-8,11,14H,5-6,9H2,1-2H3/t11-,14+,15+/m0/s1. The average molecular weight is 226 g/mol. The van der Waals surface area contributed by atoms with Crippen molar-refractivity contribution < 1.29 is 0 Å². The molecule has 0 N–H and O–H groups in total. The van der Waals surface area contributed by atoms with Crippen LogP contribution in [-0.4, -0.2) is 13.1 Å². The first-order chi connectivity index (χ1) is 8.21. The van der Waals surface area contributed by atoms with Gasteiger partial charge in [0.2, 0.25) is 0 Å². The minimum Gasteiger partial charge on any atom is -0.358 e. The summed E-state index contributed by atoms with van der Waals surface area (Å²) in [5, 5.41) is 9.56. The minimum atomic E-state index is 0.0115. The molecule has 3 rings (SSSR count). The first kappa shape index (κ1) is 10.7. The van der Waals surface area contributed by atoms with Crippen LogP contribution in [0.1, 0.15) is 31.7 Å². The Bertz CT molecular complexity index is 488. The number of anilines is 1. The molecule has 0 amide bonds. The number of para-hydroxylation sites is 1. The van der Waals surface area contributed by atoms with E-state index in [0.717, 1.165) is 6.42 Å². The number of nitrogens with zero attached hydrogens (tertiary/aromatic N) is 2. The third-order valence-corrected chi connectivity index (χ3v) is 4.89. The molecule has 1 aliphatic carbocycles. The highest BCUT2D eigenvalue weighted by molar-refractivity contribution is 5.66. The minimum absolute atomic E-state index is 0.0115. The van der Waals surface area contributed by atoms with Crippen LogP contribution in [0.3, 0.4) is 0 Å². The number of likely N-dealkylation sites (N-methyl/N-ethyl adjacent to an activating group) is 1. The second-order valence-corrected chi connectivity index (χ2v) is 5.49. The quantitative estimate of drug-likeness (QED) is 0.679. The lowest BCUT2D eigenvalue weighted by Crippen LogP contribution is -2.44. The molecule has 1 aromatic rings. The molecule has 1 spiro atoms. The summed E-state index contributed by atoms with van der Waals surface area (Å²) >= 11 is 0. The van der Waals surface area contributed by atoms with E-state index < -0.39 is 0 Å². The molecule has 0 saturated heterocycles. The SMILES string of the molecule is C[C@H]1CCC[C@]12c1ccccc1N(C)[C@@H]2C#N. The van der Waals surface area contributed by atoms with Crippen molar-refractivity contribution in [1.29, 1.82) is 5.26 Å². The van der Waals surface area contributed by atoms with Gasteiger partial charge in [0, 0.05) is 18.2 Å². The average Bonchev–Trinajstić information content (AvgIpc) is 2.83. The molecule has 88 valence electrons. The Balaban J connectivity index is 2.23. The van der Waals surface area contributed by atoms with E-state index in [9.17, 15) is 5.26 Å². The predicted octanol–water partition coefficient (Wildman–Crippen LogP) is 3.09. The zero-order chi connectivity index (χ0) is 12.0. The summed E-state index contributed by atoms with van der Waals surface area (Å²) in [4.78, 5) is 2.18. The molecule has 0 unspecified atom stereocenters. The molecular formula is C15H18N2. The molecule has 2 aliphatic rings. The van der Waals surface area contributed by atoms with E-state index in [1.807, 2.05) is 0 Å². The lowest BCUT2D eigenvalue weighted by Gasteiger charge is -2.34. The van der Waals surface area contributed by atoms with Crippen LogP contribution < -0.4 is 4.90 Å². The van der Waals surface area contributed by atoms with Gasteiger partial charge < -0.3 is 4.90 Å². The van der Waals surface area contributed by atoms with Crippen LogP contribution in [0.25, 0.3) is 0 Å². The van der Waals surface area contributed by atoms with Crippen LogP contribution in [0.15, 0.2) is 24.3 Å². The van der Waals surface area contributed by atoms with Gasteiger partial charge >= 0.3 is 0 Å². The van der Waals surface area contributed by atoms with E-state index >= 15 is 0 Å². The Labute approximate surface area is 103 Å². The molecule has 1 aliphatic heterocycles. The Morgan fingerprint density at radius 2 is 2.18 bits per heavy atom. The van der Waals surface area contributed by atoms with Gasteiger partial charge in [-0.2, -0.15) is 5.26 Å². The van der Waals surface area contributed by atoms with Crippen molar-refractivity contribution in [2.75, 3.05) is 11.9 Å². The second-order valence-electron chi connectivity index (χ2n) is 5.49. The van der Waals surface area contributed by atoms with Crippen molar-refractivity contribution in [1.82, 2.24) is 0 Å². The zero-order valence-corrected chi connectivity index (χ0v) is 10.5. The fourth-order valence-electron chi connectivity index (χ4n) is 4.02. The molecule has 1 saturated carbocycles. The van der Waals surface area contributed by atoms with E-state index in [0.29, 0.717) is 5.92 Å². The summed E-state index contributed by atoms with van der Waals surface area (Å²) < 4.78 is 0. The molecule has 2 nitrogen and oxygen atoms in total. The van der Waals surface area contributed by atoms with Gasteiger partial charge in [-0.15, -0.1) is 0 Å². The molecule has 0 aromatic heterocycles. The molecule has 2 heteroatoms. The monoisotopic (exact) mass is 226 g/mol. The summed E-state index contributed by atoms with van der Waals surface area (Å²) in [7, 11) is 2.06. The number of benzene rings is 1. The number of nitriles is 1. The third-order valence-electron chi connectivity index (χ3n) is 4.89. The first-order valence-electron chi connectivity index (χ1n) is 6.44. The molecular weight excluding hydrogens is 208 g/mol. The van der Waals surface area contributed by atoms with Gasteiger partial charge in [-0.05, 0) is 30.4 Å². The molecule has 1 heterocycles. The van der Waals surface area contributed by atoms with Gasteiger partial charge in [0.15, 0.2) is 0 Å². The maximum absolute atomic E-state index is 9.56. The lowest BCUT2D eigenvalue weighted by molar-refractivity contribution is 0.323. The Kier molecular flexibility index (Phi) is 2.19. The number of rotatable bonds is 0. The Hall–Kier alpha value is -1.49. The highest BCUT2D eigenvalue weighted by Gasteiger charge is 2.55. The summed E-state index contributed by atoms with van der Waals surface area (Å²) in [6.45, 7) is 2.31. The largest absolute Gasteiger partial charge is 0.358 e. The van der Waals surface area contributed by atoms with Crippen molar-refractivity contribution in [2.45, 2.75) is 37.6 Å². The summed E-state index contributed by atoms with van der Waals surface area (Å²) in [6.07, 6.45) is 3.66. The van der Waals surface area contributed by atoms with Crippen LogP contribution in [-0.2, 0) is 5.41 Å². The van der Waals surface area contributed by atoms with Gasteiger partial charge in [-0.3, -0.25) is 0 Å². The fourth-order valence-corrected chi connectivity index (χ4v) is 4.02. The van der Waals surface area contributed by atoms with Gasteiger partial charge in [-0.25, -0.2) is 0 Å². The van der Waals surface area contributed by atoms with Crippen molar-refractivity contribution in [3.63, 3.8) is 0 Å².